The van der Waals surface area contributed by atoms with Gasteiger partial charge in [0, 0.05) is 24.2 Å². The standard InChI is InChI=1S/C13H19N/c1-4-9-14-10-13(2,3)11-7-5-6-8-12(11)14/h5-8H,4,9-10H2,1-3H3. The molecule has 1 nitrogen and oxygen atoms in total. The molecular formula is C13H19N. The predicted octanol–water partition coefficient (Wildman–Crippen LogP) is 3.19. The van der Waals surface area contributed by atoms with Gasteiger partial charge in [-0.25, -0.2) is 0 Å². The van der Waals surface area contributed by atoms with Crippen molar-refractivity contribution in [3.63, 3.8) is 0 Å². The molecule has 2 rings (SSSR count). The molecule has 0 amide bonds. The number of nitrogens with zero attached hydrogens (tertiary/aromatic N) is 1. The van der Waals surface area contributed by atoms with E-state index in [9.17, 15) is 0 Å². The smallest absolute Gasteiger partial charge is 0.0405 e. The molecule has 1 aromatic carbocycles. The number of hydrogen-bond acceptors (Lipinski definition) is 1. The van der Waals surface area contributed by atoms with Crippen molar-refractivity contribution in [2.24, 2.45) is 0 Å². The Labute approximate surface area is 86.7 Å². The van der Waals surface area contributed by atoms with Crippen LogP contribution in [0.25, 0.3) is 0 Å². The summed E-state index contributed by atoms with van der Waals surface area (Å²) in [5.74, 6) is 0. The molecule has 0 aromatic heterocycles. The van der Waals surface area contributed by atoms with Crippen LogP contribution in [0.15, 0.2) is 24.3 Å². The van der Waals surface area contributed by atoms with E-state index < -0.39 is 0 Å². The molecule has 1 aliphatic rings. The van der Waals surface area contributed by atoms with Crippen LogP contribution in [-0.2, 0) is 5.41 Å². The Hall–Kier alpha value is -0.980. The first-order chi connectivity index (χ1) is 6.65. The van der Waals surface area contributed by atoms with Crippen molar-refractivity contribution in [2.75, 3.05) is 18.0 Å². The van der Waals surface area contributed by atoms with Crippen molar-refractivity contribution >= 4 is 5.69 Å². The van der Waals surface area contributed by atoms with Crippen LogP contribution in [0.3, 0.4) is 0 Å². The average Bonchev–Trinajstić information content (AvgIpc) is 2.41. The maximum Gasteiger partial charge on any atom is 0.0405 e. The zero-order chi connectivity index (χ0) is 10.2. The summed E-state index contributed by atoms with van der Waals surface area (Å²) < 4.78 is 0. The van der Waals surface area contributed by atoms with Crippen LogP contribution >= 0.6 is 0 Å². The fourth-order valence-corrected chi connectivity index (χ4v) is 2.44. The maximum atomic E-state index is 2.51. The van der Waals surface area contributed by atoms with E-state index in [1.54, 1.807) is 0 Å². The summed E-state index contributed by atoms with van der Waals surface area (Å²) in [5, 5.41) is 0. The summed E-state index contributed by atoms with van der Waals surface area (Å²) >= 11 is 0. The van der Waals surface area contributed by atoms with Crippen LogP contribution in [0.5, 0.6) is 0 Å². The van der Waals surface area contributed by atoms with Gasteiger partial charge in [0.15, 0.2) is 0 Å². The van der Waals surface area contributed by atoms with E-state index >= 15 is 0 Å². The first-order valence-electron chi connectivity index (χ1n) is 5.49. The molecule has 0 spiro atoms. The molecule has 0 unspecified atom stereocenters. The molecular weight excluding hydrogens is 170 g/mol. The third-order valence-corrected chi connectivity index (χ3v) is 3.05. The minimum absolute atomic E-state index is 0.325. The van der Waals surface area contributed by atoms with Gasteiger partial charge in [-0.1, -0.05) is 39.0 Å². The third kappa shape index (κ3) is 1.41. The monoisotopic (exact) mass is 189 g/mol. The number of para-hydroxylation sites is 1. The van der Waals surface area contributed by atoms with Crippen molar-refractivity contribution in [3.8, 4) is 0 Å². The topological polar surface area (TPSA) is 3.24 Å². The summed E-state index contributed by atoms with van der Waals surface area (Å²) in [6, 6.07) is 8.81. The lowest BCUT2D eigenvalue weighted by molar-refractivity contribution is 0.549. The molecule has 0 atom stereocenters. The Morgan fingerprint density at radius 1 is 1.29 bits per heavy atom. The summed E-state index contributed by atoms with van der Waals surface area (Å²) in [6.45, 7) is 9.26. The molecule has 1 aliphatic heterocycles. The van der Waals surface area contributed by atoms with Crippen LogP contribution in [0.4, 0.5) is 5.69 Å². The summed E-state index contributed by atoms with van der Waals surface area (Å²) in [4.78, 5) is 2.51. The molecule has 0 saturated heterocycles. The summed E-state index contributed by atoms with van der Waals surface area (Å²) in [7, 11) is 0. The van der Waals surface area contributed by atoms with E-state index in [4.69, 9.17) is 0 Å². The predicted molar refractivity (Wildman–Crippen MR) is 62.0 cm³/mol. The van der Waals surface area contributed by atoms with Crippen LogP contribution in [0.2, 0.25) is 0 Å². The largest absolute Gasteiger partial charge is 0.370 e. The van der Waals surface area contributed by atoms with Gasteiger partial charge in [-0.2, -0.15) is 0 Å². The Morgan fingerprint density at radius 2 is 2.00 bits per heavy atom. The zero-order valence-corrected chi connectivity index (χ0v) is 9.38. The molecule has 0 radical (unpaired) electrons. The second kappa shape index (κ2) is 3.30. The Kier molecular flexibility index (Phi) is 2.26. The molecule has 0 fully saturated rings. The molecule has 1 heterocycles. The molecule has 76 valence electrons. The average molecular weight is 189 g/mol. The highest BCUT2D eigenvalue weighted by molar-refractivity contribution is 5.61. The van der Waals surface area contributed by atoms with Crippen molar-refractivity contribution < 1.29 is 0 Å². The van der Waals surface area contributed by atoms with Gasteiger partial charge >= 0.3 is 0 Å². The molecule has 0 bridgehead atoms. The van der Waals surface area contributed by atoms with Gasteiger partial charge < -0.3 is 4.90 Å². The van der Waals surface area contributed by atoms with Crippen molar-refractivity contribution in [1.82, 2.24) is 0 Å². The SMILES string of the molecule is CCCN1CC(C)(C)c2ccccc21. The third-order valence-electron chi connectivity index (χ3n) is 3.05. The second-order valence-corrected chi connectivity index (χ2v) is 4.82. The molecule has 0 N–H and O–H groups in total. The van der Waals surface area contributed by atoms with Crippen LogP contribution < -0.4 is 4.90 Å². The van der Waals surface area contributed by atoms with Crippen molar-refractivity contribution in [3.05, 3.63) is 29.8 Å². The van der Waals surface area contributed by atoms with Crippen LogP contribution in [0.1, 0.15) is 32.8 Å². The van der Waals surface area contributed by atoms with E-state index in [0.717, 1.165) is 0 Å². The molecule has 0 saturated carbocycles. The highest BCUT2D eigenvalue weighted by Gasteiger charge is 2.33. The van der Waals surface area contributed by atoms with Gasteiger partial charge in [0.05, 0.1) is 0 Å². The van der Waals surface area contributed by atoms with Gasteiger partial charge in [0.25, 0.3) is 0 Å². The van der Waals surface area contributed by atoms with Gasteiger partial charge in [-0.15, -0.1) is 0 Å². The fourth-order valence-electron chi connectivity index (χ4n) is 2.44. The maximum absolute atomic E-state index is 2.51. The van der Waals surface area contributed by atoms with E-state index in [0.29, 0.717) is 5.41 Å². The first kappa shape index (κ1) is 9.57. The van der Waals surface area contributed by atoms with Crippen molar-refractivity contribution in [1.29, 1.82) is 0 Å². The van der Waals surface area contributed by atoms with Gasteiger partial charge in [0.2, 0.25) is 0 Å². The quantitative estimate of drug-likeness (QED) is 0.690. The highest BCUT2D eigenvalue weighted by atomic mass is 15.2. The fraction of sp³-hybridized carbons (Fsp3) is 0.538. The lowest BCUT2D eigenvalue weighted by Crippen LogP contribution is -2.28. The molecule has 0 aliphatic carbocycles. The number of hydrogen-bond donors (Lipinski definition) is 0. The zero-order valence-electron chi connectivity index (χ0n) is 9.38. The molecule has 1 aromatic rings. The normalized spacial score (nSPS) is 18.4. The van der Waals surface area contributed by atoms with E-state index in [-0.39, 0.29) is 0 Å². The number of benzene rings is 1. The summed E-state index contributed by atoms with van der Waals surface area (Å²) in [6.07, 6.45) is 1.23. The minimum Gasteiger partial charge on any atom is -0.370 e. The van der Waals surface area contributed by atoms with Crippen LogP contribution in [0, 0.1) is 0 Å². The second-order valence-electron chi connectivity index (χ2n) is 4.82. The van der Waals surface area contributed by atoms with Gasteiger partial charge in [-0.3, -0.25) is 0 Å². The number of fused-ring (bicyclic) bond motifs is 1. The van der Waals surface area contributed by atoms with Crippen LogP contribution in [-0.4, -0.2) is 13.1 Å². The Morgan fingerprint density at radius 3 is 2.71 bits per heavy atom. The lowest BCUT2D eigenvalue weighted by Gasteiger charge is -2.21. The van der Waals surface area contributed by atoms with E-state index in [1.165, 1.54) is 30.8 Å². The van der Waals surface area contributed by atoms with Gasteiger partial charge in [0.1, 0.15) is 0 Å². The number of anilines is 1. The van der Waals surface area contributed by atoms with E-state index in [2.05, 4.69) is 49.9 Å². The summed E-state index contributed by atoms with van der Waals surface area (Å²) in [5.41, 5.74) is 3.28. The molecule has 14 heavy (non-hydrogen) atoms. The van der Waals surface area contributed by atoms with Crippen molar-refractivity contribution in [2.45, 2.75) is 32.6 Å². The Balaban J connectivity index is 2.39. The molecule has 1 heteroatoms. The number of rotatable bonds is 2. The lowest BCUT2D eigenvalue weighted by atomic mass is 9.87. The minimum atomic E-state index is 0.325. The van der Waals surface area contributed by atoms with E-state index in [1.807, 2.05) is 0 Å². The highest BCUT2D eigenvalue weighted by Crippen LogP contribution is 2.39. The Bertz CT molecular complexity index is 328. The first-order valence-corrected chi connectivity index (χ1v) is 5.49. The van der Waals surface area contributed by atoms with Gasteiger partial charge in [-0.05, 0) is 18.1 Å².